The Morgan fingerprint density at radius 3 is 2.88 bits per heavy atom. The summed E-state index contributed by atoms with van der Waals surface area (Å²) < 4.78 is 11.1. The van der Waals surface area contributed by atoms with Gasteiger partial charge in [0.15, 0.2) is 0 Å². The van der Waals surface area contributed by atoms with Crippen LogP contribution in [0.25, 0.3) is 10.9 Å². The second-order valence-corrected chi connectivity index (χ2v) is 8.42. The van der Waals surface area contributed by atoms with Gasteiger partial charge in [0.05, 0.1) is 13.7 Å². The van der Waals surface area contributed by atoms with Gasteiger partial charge in [0.25, 0.3) is 0 Å². The zero-order valence-electron chi connectivity index (χ0n) is 15.4. The van der Waals surface area contributed by atoms with Crippen molar-refractivity contribution >= 4 is 16.9 Å². The topological polar surface area (TPSA) is 54.6 Å². The summed E-state index contributed by atoms with van der Waals surface area (Å²) in [5, 5.41) is 1.18. The number of carbonyl (C=O) groups excluding carboxylic acids is 1. The monoisotopic (exact) mass is 342 g/mol. The van der Waals surface area contributed by atoms with E-state index >= 15 is 0 Å². The highest BCUT2D eigenvalue weighted by molar-refractivity contribution is 5.90. The highest BCUT2D eigenvalue weighted by Crippen LogP contribution is 2.46. The third-order valence-electron chi connectivity index (χ3n) is 5.21. The van der Waals surface area contributed by atoms with Gasteiger partial charge in [0, 0.05) is 29.1 Å². The first-order valence-corrected chi connectivity index (χ1v) is 8.97. The summed E-state index contributed by atoms with van der Waals surface area (Å²) in [4.78, 5) is 18.6. The average Bonchev–Trinajstić information content (AvgIpc) is 3.14. The Hall–Kier alpha value is -2.01. The molecule has 5 heteroatoms. The van der Waals surface area contributed by atoms with Crippen LogP contribution in [0.1, 0.15) is 50.4 Å². The van der Waals surface area contributed by atoms with Gasteiger partial charge in [0.1, 0.15) is 11.8 Å². The molecule has 0 amide bonds. The van der Waals surface area contributed by atoms with Crippen molar-refractivity contribution in [2.75, 3.05) is 26.8 Å². The molecule has 0 saturated carbocycles. The van der Waals surface area contributed by atoms with Crippen molar-refractivity contribution in [3.63, 3.8) is 0 Å². The van der Waals surface area contributed by atoms with Crippen LogP contribution in [0.15, 0.2) is 18.2 Å². The van der Waals surface area contributed by atoms with Crippen LogP contribution >= 0.6 is 0 Å². The Labute approximate surface area is 148 Å². The lowest BCUT2D eigenvalue weighted by Crippen LogP contribution is -2.38. The molecule has 1 aromatic carbocycles. The Balaban J connectivity index is 1.75. The summed E-state index contributed by atoms with van der Waals surface area (Å²) >= 11 is 0. The van der Waals surface area contributed by atoms with Gasteiger partial charge in [-0.15, -0.1) is 0 Å². The number of methoxy groups -OCH3 is 1. The average molecular weight is 342 g/mol. The number of benzene rings is 1. The zero-order valence-corrected chi connectivity index (χ0v) is 15.4. The standard InChI is InChI=1S/C20H26N2O3/c1-20(2,3)11-25-19(23)18-17-16(12-7-8-22(18)10-12)14-9-13(24-4)5-6-15(14)21-17/h5-6,9,12,18,21H,7-8,10-11H2,1-4H3. The van der Waals surface area contributed by atoms with Crippen molar-refractivity contribution < 1.29 is 14.3 Å². The molecule has 1 N–H and O–H groups in total. The number of aromatic nitrogens is 1. The van der Waals surface area contributed by atoms with Gasteiger partial charge in [0.2, 0.25) is 0 Å². The summed E-state index contributed by atoms with van der Waals surface area (Å²) in [5.74, 6) is 1.18. The summed E-state index contributed by atoms with van der Waals surface area (Å²) in [6.45, 7) is 8.53. The molecular formula is C20H26N2O3. The molecule has 1 saturated heterocycles. The predicted molar refractivity (Wildman–Crippen MR) is 96.9 cm³/mol. The van der Waals surface area contributed by atoms with Crippen molar-refractivity contribution in [2.45, 2.75) is 39.2 Å². The molecule has 3 atom stereocenters. The van der Waals surface area contributed by atoms with Gasteiger partial charge in [-0.25, -0.2) is 4.79 Å². The minimum atomic E-state index is -0.325. The van der Waals surface area contributed by atoms with E-state index in [-0.39, 0.29) is 17.4 Å². The van der Waals surface area contributed by atoms with Crippen LogP contribution in [0.2, 0.25) is 0 Å². The summed E-state index contributed by atoms with van der Waals surface area (Å²) in [5.41, 5.74) is 3.32. The Kier molecular flexibility index (Phi) is 3.80. The number of ether oxygens (including phenoxy) is 2. The minimum absolute atomic E-state index is 0.0332. The Morgan fingerprint density at radius 1 is 1.36 bits per heavy atom. The molecule has 3 heterocycles. The van der Waals surface area contributed by atoms with E-state index in [4.69, 9.17) is 9.47 Å². The van der Waals surface area contributed by atoms with Crippen molar-refractivity contribution in [1.82, 2.24) is 9.88 Å². The molecule has 2 aliphatic heterocycles. The fraction of sp³-hybridized carbons (Fsp3) is 0.550. The molecule has 134 valence electrons. The lowest BCUT2D eigenvalue weighted by Gasteiger charge is -2.31. The molecule has 3 unspecified atom stereocenters. The third-order valence-corrected chi connectivity index (χ3v) is 5.21. The Morgan fingerprint density at radius 2 is 2.16 bits per heavy atom. The number of fused-ring (bicyclic) bond motifs is 6. The fourth-order valence-corrected chi connectivity index (χ4v) is 4.07. The van der Waals surface area contributed by atoms with E-state index in [1.54, 1.807) is 7.11 Å². The van der Waals surface area contributed by atoms with Crippen molar-refractivity contribution in [2.24, 2.45) is 5.41 Å². The first-order valence-electron chi connectivity index (χ1n) is 8.97. The third kappa shape index (κ3) is 2.80. The molecule has 2 aliphatic rings. The lowest BCUT2D eigenvalue weighted by molar-refractivity contribution is -0.153. The van der Waals surface area contributed by atoms with Crippen LogP contribution in [-0.4, -0.2) is 42.7 Å². The maximum Gasteiger partial charge on any atom is 0.329 e. The predicted octanol–water partition coefficient (Wildman–Crippen LogP) is 3.61. The Bertz CT molecular complexity index is 818. The highest BCUT2D eigenvalue weighted by Gasteiger charge is 2.44. The van der Waals surface area contributed by atoms with Crippen LogP contribution in [0.3, 0.4) is 0 Å². The highest BCUT2D eigenvalue weighted by atomic mass is 16.5. The van der Waals surface area contributed by atoms with E-state index < -0.39 is 0 Å². The molecule has 0 radical (unpaired) electrons. The second kappa shape index (κ2) is 5.77. The van der Waals surface area contributed by atoms with Gasteiger partial charge in [-0.3, -0.25) is 4.90 Å². The van der Waals surface area contributed by atoms with Gasteiger partial charge in [-0.05, 0) is 42.1 Å². The molecular weight excluding hydrogens is 316 g/mol. The van der Waals surface area contributed by atoms with Crippen LogP contribution in [0, 0.1) is 5.41 Å². The quantitative estimate of drug-likeness (QED) is 0.866. The van der Waals surface area contributed by atoms with Crippen LogP contribution in [-0.2, 0) is 9.53 Å². The van der Waals surface area contributed by atoms with Gasteiger partial charge >= 0.3 is 5.97 Å². The number of aromatic amines is 1. The first-order chi connectivity index (χ1) is 11.9. The van der Waals surface area contributed by atoms with Crippen molar-refractivity contribution in [3.8, 4) is 5.75 Å². The molecule has 25 heavy (non-hydrogen) atoms. The number of nitrogens with zero attached hydrogens (tertiary/aromatic N) is 1. The summed E-state index contributed by atoms with van der Waals surface area (Å²) in [6, 6.07) is 5.74. The van der Waals surface area contributed by atoms with E-state index in [1.165, 1.54) is 10.9 Å². The van der Waals surface area contributed by atoms with E-state index in [0.717, 1.165) is 36.5 Å². The molecule has 2 bridgehead atoms. The maximum atomic E-state index is 12.9. The molecule has 2 aromatic rings. The van der Waals surface area contributed by atoms with Crippen molar-refractivity contribution in [3.05, 3.63) is 29.5 Å². The fourth-order valence-electron chi connectivity index (χ4n) is 4.07. The number of rotatable bonds is 3. The molecule has 4 rings (SSSR count). The van der Waals surface area contributed by atoms with E-state index in [9.17, 15) is 4.79 Å². The van der Waals surface area contributed by atoms with Gasteiger partial charge in [-0.1, -0.05) is 20.8 Å². The number of hydrogen-bond donors (Lipinski definition) is 1. The van der Waals surface area contributed by atoms with Crippen LogP contribution in [0.5, 0.6) is 5.75 Å². The smallest absolute Gasteiger partial charge is 0.329 e. The van der Waals surface area contributed by atoms with Crippen LogP contribution < -0.4 is 4.74 Å². The zero-order chi connectivity index (χ0) is 17.8. The SMILES string of the molecule is COc1ccc2[nH]c3c(c2c1)C1CCN(C1)C3C(=O)OCC(C)(C)C. The molecule has 1 aromatic heterocycles. The summed E-state index contributed by atoms with van der Waals surface area (Å²) in [6.07, 6.45) is 1.08. The van der Waals surface area contributed by atoms with Gasteiger partial charge in [-0.2, -0.15) is 0 Å². The number of hydrogen-bond acceptors (Lipinski definition) is 4. The lowest BCUT2D eigenvalue weighted by atomic mass is 9.90. The molecule has 0 aliphatic carbocycles. The number of esters is 1. The van der Waals surface area contributed by atoms with Gasteiger partial charge < -0.3 is 14.5 Å². The number of H-pyrrole nitrogens is 1. The largest absolute Gasteiger partial charge is 0.497 e. The molecule has 1 fully saturated rings. The van der Waals surface area contributed by atoms with E-state index in [1.807, 2.05) is 12.1 Å². The summed E-state index contributed by atoms with van der Waals surface area (Å²) in [7, 11) is 1.68. The first kappa shape index (κ1) is 16.5. The van der Waals surface area contributed by atoms with E-state index in [2.05, 4.69) is 36.7 Å². The number of carbonyl (C=O) groups is 1. The second-order valence-electron chi connectivity index (χ2n) is 8.42. The van der Waals surface area contributed by atoms with Crippen LogP contribution in [0.4, 0.5) is 0 Å². The minimum Gasteiger partial charge on any atom is -0.497 e. The normalized spacial score (nSPS) is 25.0. The number of nitrogens with one attached hydrogen (secondary N) is 1. The van der Waals surface area contributed by atoms with E-state index in [0.29, 0.717) is 12.5 Å². The van der Waals surface area contributed by atoms with Crippen molar-refractivity contribution in [1.29, 1.82) is 0 Å². The maximum absolute atomic E-state index is 12.9. The molecule has 0 spiro atoms. The molecule has 5 nitrogen and oxygen atoms in total.